The Labute approximate surface area is 132 Å². The molecule has 3 rings (SSSR count). The zero-order valence-corrected chi connectivity index (χ0v) is 12.3. The Morgan fingerprint density at radius 1 is 1.38 bits per heavy atom. The highest BCUT2D eigenvalue weighted by molar-refractivity contribution is 5.94. The third kappa shape index (κ3) is 2.77. The van der Waals surface area contributed by atoms with Crippen LogP contribution in [0.4, 0.5) is 19.0 Å². The first-order chi connectivity index (χ1) is 11.4. The Morgan fingerprint density at radius 3 is 2.79 bits per heavy atom. The number of aromatic nitrogens is 3. The number of benzene rings is 1. The minimum atomic E-state index is -4.91. The SMILES string of the molecule is COc1cccc2c1c(NCc1ncco1)nc(=O)n2C(F)(F)F. The van der Waals surface area contributed by atoms with Gasteiger partial charge in [0.05, 0.1) is 30.8 Å². The minimum Gasteiger partial charge on any atom is -0.496 e. The number of alkyl halides is 3. The monoisotopic (exact) mass is 340 g/mol. The van der Waals surface area contributed by atoms with Crippen molar-refractivity contribution in [1.82, 2.24) is 14.5 Å². The number of anilines is 1. The average Bonchev–Trinajstić information content (AvgIpc) is 3.03. The molecule has 0 aliphatic carbocycles. The van der Waals surface area contributed by atoms with E-state index in [0.717, 1.165) is 0 Å². The zero-order valence-electron chi connectivity index (χ0n) is 12.3. The molecule has 2 heterocycles. The number of oxazole rings is 1. The molecule has 0 saturated carbocycles. The van der Waals surface area contributed by atoms with Gasteiger partial charge in [0.25, 0.3) is 0 Å². The highest BCUT2D eigenvalue weighted by atomic mass is 19.4. The highest BCUT2D eigenvalue weighted by Crippen LogP contribution is 2.33. The van der Waals surface area contributed by atoms with Crippen molar-refractivity contribution < 1.29 is 22.3 Å². The quantitative estimate of drug-likeness (QED) is 0.786. The van der Waals surface area contributed by atoms with Crippen LogP contribution in [0, 0.1) is 0 Å². The summed E-state index contributed by atoms with van der Waals surface area (Å²) >= 11 is 0. The van der Waals surface area contributed by atoms with Crippen molar-refractivity contribution in [2.45, 2.75) is 12.8 Å². The second-order valence-corrected chi connectivity index (χ2v) is 4.68. The second kappa shape index (κ2) is 5.87. The molecule has 0 radical (unpaired) electrons. The molecule has 2 aromatic heterocycles. The summed E-state index contributed by atoms with van der Waals surface area (Å²) in [7, 11) is 1.32. The summed E-state index contributed by atoms with van der Waals surface area (Å²) in [5, 5.41) is 2.79. The van der Waals surface area contributed by atoms with Crippen molar-refractivity contribution >= 4 is 16.7 Å². The fourth-order valence-corrected chi connectivity index (χ4v) is 2.29. The fourth-order valence-electron chi connectivity index (χ4n) is 2.29. The normalized spacial score (nSPS) is 11.7. The Bertz CT molecular complexity index is 919. The van der Waals surface area contributed by atoms with Crippen molar-refractivity contribution in [3.8, 4) is 5.75 Å². The van der Waals surface area contributed by atoms with E-state index in [4.69, 9.17) is 9.15 Å². The Balaban J connectivity index is 2.20. The lowest BCUT2D eigenvalue weighted by molar-refractivity contribution is -0.203. The largest absolute Gasteiger partial charge is 0.496 e. The summed E-state index contributed by atoms with van der Waals surface area (Å²) in [5.41, 5.74) is -1.81. The van der Waals surface area contributed by atoms with E-state index in [2.05, 4.69) is 15.3 Å². The maximum atomic E-state index is 13.2. The Morgan fingerprint density at radius 2 is 2.17 bits per heavy atom. The first-order valence-electron chi connectivity index (χ1n) is 6.71. The number of methoxy groups -OCH3 is 1. The fraction of sp³-hybridized carbons (Fsp3) is 0.214. The van der Waals surface area contributed by atoms with Crippen LogP contribution in [-0.2, 0) is 12.8 Å². The van der Waals surface area contributed by atoms with Gasteiger partial charge in [-0.25, -0.2) is 14.3 Å². The molecule has 0 bridgehead atoms. The van der Waals surface area contributed by atoms with Crippen LogP contribution < -0.4 is 15.7 Å². The molecular formula is C14H11F3N4O3. The first kappa shape index (κ1) is 15.8. The molecule has 126 valence electrons. The van der Waals surface area contributed by atoms with Crippen molar-refractivity contribution in [2.24, 2.45) is 0 Å². The lowest BCUT2D eigenvalue weighted by Crippen LogP contribution is -2.33. The van der Waals surface area contributed by atoms with Gasteiger partial charge in [-0.15, -0.1) is 13.2 Å². The topological polar surface area (TPSA) is 82.2 Å². The molecule has 10 heteroatoms. The van der Waals surface area contributed by atoms with Crippen molar-refractivity contribution in [3.63, 3.8) is 0 Å². The third-order valence-corrected chi connectivity index (χ3v) is 3.24. The molecule has 1 aromatic carbocycles. The maximum absolute atomic E-state index is 13.2. The van der Waals surface area contributed by atoms with Gasteiger partial charge in [0, 0.05) is 0 Å². The van der Waals surface area contributed by atoms with Gasteiger partial charge in [0.2, 0.25) is 5.89 Å². The van der Waals surface area contributed by atoms with Crippen LogP contribution in [0.15, 0.2) is 39.9 Å². The van der Waals surface area contributed by atoms with Gasteiger partial charge < -0.3 is 14.5 Å². The van der Waals surface area contributed by atoms with Crippen LogP contribution in [0.5, 0.6) is 5.75 Å². The smallest absolute Gasteiger partial charge is 0.493 e. The van der Waals surface area contributed by atoms with Crippen LogP contribution in [-0.4, -0.2) is 21.6 Å². The number of fused-ring (bicyclic) bond motifs is 1. The molecule has 0 amide bonds. The van der Waals surface area contributed by atoms with Gasteiger partial charge >= 0.3 is 12.0 Å². The minimum absolute atomic E-state index is 0.0310. The molecule has 0 aliphatic heterocycles. The highest BCUT2D eigenvalue weighted by Gasteiger charge is 2.35. The van der Waals surface area contributed by atoms with E-state index in [1.165, 1.54) is 37.8 Å². The number of hydrogen-bond acceptors (Lipinski definition) is 6. The number of ether oxygens (including phenoxy) is 1. The summed E-state index contributed by atoms with van der Waals surface area (Å²) in [5.74, 6) is 0.388. The van der Waals surface area contributed by atoms with E-state index in [9.17, 15) is 18.0 Å². The van der Waals surface area contributed by atoms with Gasteiger partial charge in [-0.2, -0.15) is 4.98 Å². The standard InChI is InChI=1S/C14H11F3N4O3/c1-23-9-4-2-3-8-11(9)12(19-7-10-18-5-6-24-10)20-13(22)21(8)14(15,16)17/h2-6H,7H2,1H3,(H,19,20,22). The molecule has 7 nitrogen and oxygen atoms in total. The molecule has 0 fully saturated rings. The summed E-state index contributed by atoms with van der Waals surface area (Å²) < 4.78 is 49.4. The van der Waals surface area contributed by atoms with Gasteiger partial charge in [0.15, 0.2) is 0 Å². The number of hydrogen-bond donors (Lipinski definition) is 1. The lowest BCUT2D eigenvalue weighted by Gasteiger charge is -2.16. The number of rotatable bonds is 4. The van der Waals surface area contributed by atoms with Gasteiger partial charge in [0.1, 0.15) is 17.8 Å². The zero-order chi connectivity index (χ0) is 17.3. The molecule has 0 aliphatic rings. The maximum Gasteiger partial charge on any atom is 0.493 e. The van der Waals surface area contributed by atoms with E-state index in [1.54, 1.807) is 0 Å². The van der Waals surface area contributed by atoms with Crippen molar-refractivity contribution in [2.75, 3.05) is 12.4 Å². The van der Waals surface area contributed by atoms with Crippen LogP contribution in [0.25, 0.3) is 10.9 Å². The predicted molar refractivity (Wildman–Crippen MR) is 77.7 cm³/mol. The lowest BCUT2D eigenvalue weighted by atomic mass is 10.2. The van der Waals surface area contributed by atoms with Crippen molar-refractivity contribution in [1.29, 1.82) is 0 Å². The third-order valence-electron chi connectivity index (χ3n) is 3.24. The molecule has 0 atom stereocenters. The van der Waals surface area contributed by atoms with Crippen LogP contribution in [0.1, 0.15) is 5.89 Å². The van der Waals surface area contributed by atoms with Gasteiger partial charge in [-0.1, -0.05) is 6.07 Å². The van der Waals surface area contributed by atoms with Crippen LogP contribution >= 0.6 is 0 Å². The average molecular weight is 340 g/mol. The number of nitrogens with zero attached hydrogens (tertiary/aromatic N) is 3. The summed E-state index contributed by atoms with van der Waals surface area (Å²) in [4.78, 5) is 19.3. The van der Waals surface area contributed by atoms with E-state index in [1.807, 2.05) is 0 Å². The molecular weight excluding hydrogens is 329 g/mol. The van der Waals surface area contributed by atoms with E-state index in [0.29, 0.717) is 5.89 Å². The first-order valence-corrected chi connectivity index (χ1v) is 6.71. The van der Waals surface area contributed by atoms with Gasteiger partial charge in [-0.3, -0.25) is 0 Å². The van der Waals surface area contributed by atoms with Crippen LogP contribution in [0.2, 0.25) is 0 Å². The second-order valence-electron chi connectivity index (χ2n) is 4.68. The van der Waals surface area contributed by atoms with Crippen molar-refractivity contribution in [3.05, 3.63) is 47.0 Å². The Kier molecular flexibility index (Phi) is 3.87. The molecule has 24 heavy (non-hydrogen) atoms. The van der Waals surface area contributed by atoms with E-state index < -0.39 is 12.0 Å². The molecule has 1 N–H and O–H groups in total. The summed E-state index contributed by atoms with van der Waals surface area (Å²) in [6.45, 7) is 0.0443. The summed E-state index contributed by atoms with van der Waals surface area (Å²) in [6.07, 6.45) is -2.13. The predicted octanol–water partition coefficient (Wildman–Crippen LogP) is 2.48. The van der Waals surface area contributed by atoms with Gasteiger partial charge in [-0.05, 0) is 12.1 Å². The number of halogens is 3. The van der Waals surface area contributed by atoms with E-state index >= 15 is 0 Å². The molecule has 0 unspecified atom stereocenters. The molecule has 0 spiro atoms. The Hall–Kier alpha value is -3.04. The summed E-state index contributed by atoms with van der Waals surface area (Å²) in [6, 6.07) is 4.01. The van der Waals surface area contributed by atoms with E-state index in [-0.39, 0.29) is 33.6 Å². The van der Waals surface area contributed by atoms with Crippen LogP contribution in [0.3, 0.4) is 0 Å². The number of nitrogens with one attached hydrogen (secondary N) is 1. The molecule has 0 saturated heterocycles. The molecule has 3 aromatic rings.